The molecule has 0 N–H and O–H groups in total. The van der Waals surface area contributed by atoms with E-state index in [1.807, 2.05) is 0 Å². The molecule has 0 aliphatic heterocycles. The Bertz CT molecular complexity index is 845. The number of hydrogen-bond acceptors (Lipinski definition) is 0. The van der Waals surface area contributed by atoms with Gasteiger partial charge in [-0.2, -0.15) is 0 Å². The van der Waals surface area contributed by atoms with Gasteiger partial charge in [-0.05, 0) is 0 Å². The third kappa shape index (κ3) is 1.58. The molecule has 0 radical (unpaired) electrons. The fourth-order valence-corrected chi connectivity index (χ4v) is 4.58. The Labute approximate surface area is 117 Å². The summed E-state index contributed by atoms with van der Waals surface area (Å²) in [7, 11) is 0. The van der Waals surface area contributed by atoms with Crippen molar-refractivity contribution in [2.75, 3.05) is 0 Å². The number of benzene rings is 2. The van der Waals surface area contributed by atoms with Gasteiger partial charge < -0.3 is 12.4 Å². The van der Waals surface area contributed by atoms with E-state index in [-0.39, 0.29) is 12.4 Å². The van der Waals surface area contributed by atoms with Crippen LogP contribution in [-0.4, -0.2) is 14.5 Å². The SMILES string of the molecule is [Cl-].c1ccc2c(c1)ccc1[se]c3ccccc3[n+]12. The second-order valence-corrected chi connectivity index (χ2v) is 6.36. The Hall–Kier alpha value is -1.34. The molecule has 3 heteroatoms. The molecule has 0 aliphatic rings. The zero-order valence-electron chi connectivity index (χ0n) is 9.51. The number of hydrogen-bond donors (Lipinski definition) is 0. The molecular weight excluding hydrogens is 309 g/mol. The van der Waals surface area contributed by atoms with Crippen LogP contribution in [0.3, 0.4) is 0 Å². The van der Waals surface area contributed by atoms with Gasteiger partial charge in [0.15, 0.2) is 0 Å². The minimum absolute atomic E-state index is 0. The van der Waals surface area contributed by atoms with Crippen molar-refractivity contribution < 1.29 is 16.8 Å². The standard InChI is InChI=1S/C15H10NSe.ClH/c1-2-6-12-11(5-1)9-10-15-16(12)13-7-3-4-8-14(13)17-15;/h1-10H;1H/q+1;/p-1. The third-order valence-electron chi connectivity index (χ3n) is 3.12. The second-order valence-electron chi connectivity index (χ2n) is 4.14. The topological polar surface area (TPSA) is 4.10 Å². The number of halogens is 1. The summed E-state index contributed by atoms with van der Waals surface area (Å²) in [6, 6.07) is 21.8. The average Bonchev–Trinajstić information content (AvgIpc) is 2.77. The molecule has 88 valence electrons. The van der Waals surface area contributed by atoms with Gasteiger partial charge in [0.1, 0.15) is 0 Å². The van der Waals surface area contributed by atoms with Crippen molar-refractivity contribution in [2.24, 2.45) is 0 Å². The third-order valence-corrected chi connectivity index (χ3v) is 5.42. The van der Waals surface area contributed by atoms with E-state index in [0.29, 0.717) is 14.5 Å². The quantitative estimate of drug-likeness (QED) is 0.312. The van der Waals surface area contributed by atoms with Gasteiger partial charge in [0.25, 0.3) is 0 Å². The minimum atomic E-state index is 0. The molecule has 4 rings (SSSR count). The van der Waals surface area contributed by atoms with E-state index >= 15 is 0 Å². The molecule has 0 saturated heterocycles. The number of nitrogens with zero attached hydrogens (tertiary/aromatic N) is 1. The first kappa shape index (κ1) is 11.7. The predicted molar refractivity (Wildman–Crippen MR) is 71.6 cm³/mol. The van der Waals surface area contributed by atoms with Crippen LogP contribution in [0.5, 0.6) is 0 Å². The molecule has 0 fully saturated rings. The Morgan fingerprint density at radius 3 is 2.33 bits per heavy atom. The zero-order valence-corrected chi connectivity index (χ0v) is 12.0. The van der Waals surface area contributed by atoms with Crippen molar-refractivity contribution in [1.82, 2.24) is 0 Å². The van der Waals surface area contributed by atoms with Gasteiger partial charge in [0.05, 0.1) is 0 Å². The Kier molecular flexibility index (Phi) is 2.87. The van der Waals surface area contributed by atoms with Crippen molar-refractivity contribution in [3.05, 3.63) is 60.7 Å². The molecular formula is C15H10ClNSe. The van der Waals surface area contributed by atoms with Gasteiger partial charge >= 0.3 is 105 Å². The van der Waals surface area contributed by atoms with Crippen LogP contribution < -0.4 is 16.8 Å². The number of aromatic nitrogens is 1. The predicted octanol–water partition coefficient (Wildman–Crippen LogP) is -0.207. The van der Waals surface area contributed by atoms with E-state index in [1.54, 1.807) is 0 Å². The van der Waals surface area contributed by atoms with Gasteiger partial charge in [-0.15, -0.1) is 0 Å². The molecule has 0 unspecified atom stereocenters. The van der Waals surface area contributed by atoms with Crippen molar-refractivity contribution >= 4 is 39.6 Å². The summed E-state index contributed by atoms with van der Waals surface area (Å²) in [5, 5.41) is 1.31. The fourth-order valence-electron chi connectivity index (χ4n) is 2.36. The van der Waals surface area contributed by atoms with Crippen molar-refractivity contribution in [3.8, 4) is 0 Å². The van der Waals surface area contributed by atoms with Crippen LogP contribution in [0.4, 0.5) is 0 Å². The van der Waals surface area contributed by atoms with Crippen LogP contribution in [0.2, 0.25) is 0 Å². The summed E-state index contributed by atoms with van der Waals surface area (Å²) in [4.78, 5) is 0. The molecule has 0 bridgehead atoms. The molecule has 1 nitrogen and oxygen atoms in total. The first-order valence-electron chi connectivity index (χ1n) is 5.64. The molecule has 18 heavy (non-hydrogen) atoms. The molecule has 0 amide bonds. The van der Waals surface area contributed by atoms with E-state index in [1.165, 1.54) is 25.1 Å². The number of pyridine rings is 1. The van der Waals surface area contributed by atoms with E-state index in [2.05, 4.69) is 65.1 Å². The second kappa shape index (κ2) is 4.40. The number of rotatable bonds is 0. The van der Waals surface area contributed by atoms with E-state index in [9.17, 15) is 0 Å². The molecule has 2 aromatic heterocycles. The van der Waals surface area contributed by atoms with Crippen molar-refractivity contribution in [1.29, 1.82) is 0 Å². The van der Waals surface area contributed by atoms with E-state index in [4.69, 9.17) is 0 Å². The molecule has 4 aromatic rings. The van der Waals surface area contributed by atoms with Gasteiger partial charge in [-0.25, -0.2) is 0 Å². The van der Waals surface area contributed by atoms with Crippen molar-refractivity contribution in [2.45, 2.75) is 0 Å². The Balaban J connectivity index is 0.000001000. The molecule has 2 aromatic carbocycles. The summed E-state index contributed by atoms with van der Waals surface area (Å²) in [5.41, 5.74) is 2.68. The molecule has 0 aliphatic carbocycles. The summed E-state index contributed by atoms with van der Waals surface area (Å²) in [6.07, 6.45) is 0. The van der Waals surface area contributed by atoms with Gasteiger partial charge in [0.2, 0.25) is 0 Å². The van der Waals surface area contributed by atoms with Crippen LogP contribution in [0, 0.1) is 0 Å². The van der Waals surface area contributed by atoms with Gasteiger partial charge in [-0.3, -0.25) is 0 Å². The molecule has 2 heterocycles. The van der Waals surface area contributed by atoms with Gasteiger partial charge in [0, 0.05) is 0 Å². The monoisotopic (exact) mass is 319 g/mol. The fraction of sp³-hybridized carbons (Fsp3) is 0. The number of fused-ring (bicyclic) bond motifs is 5. The Morgan fingerprint density at radius 1 is 0.722 bits per heavy atom. The van der Waals surface area contributed by atoms with E-state index in [0.717, 1.165) is 0 Å². The van der Waals surface area contributed by atoms with Crippen LogP contribution in [-0.2, 0) is 0 Å². The maximum atomic E-state index is 2.41. The summed E-state index contributed by atoms with van der Waals surface area (Å²) in [6.45, 7) is 0. The molecule has 0 saturated carbocycles. The maximum absolute atomic E-state index is 2.41. The van der Waals surface area contributed by atoms with Crippen LogP contribution in [0.15, 0.2) is 60.7 Å². The normalized spacial score (nSPS) is 10.9. The zero-order chi connectivity index (χ0) is 11.2. The summed E-state index contributed by atoms with van der Waals surface area (Å²) >= 11 is 0.445. The molecule has 0 spiro atoms. The van der Waals surface area contributed by atoms with E-state index < -0.39 is 0 Å². The van der Waals surface area contributed by atoms with Crippen molar-refractivity contribution in [3.63, 3.8) is 0 Å². The average molecular weight is 319 g/mol. The molecule has 0 atom stereocenters. The number of para-hydroxylation sites is 2. The van der Waals surface area contributed by atoms with Crippen LogP contribution in [0.1, 0.15) is 0 Å². The van der Waals surface area contributed by atoms with Crippen LogP contribution >= 0.6 is 0 Å². The van der Waals surface area contributed by atoms with Gasteiger partial charge in [-0.1, -0.05) is 0 Å². The van der Waals surface area contributed by atoms with Crippen LogP contribution in [0.25, 0.3) is 25.1 Å². The first-order valence-corrected chi connectivity index (χ1v) is 7.36. The summed E-state index contributed by atoms with van der Waals surface area (Å²) < 4.78 is 5.33. The Morgan fingerprint density at radius 2 is 1.44 bits per heavy atom. The summed E-state index contributed by atoms with van der Waals surface area (Å²) in [5.74, 6) is 0. The first-order chi connectivity index (χ1) is 8.43.